The third-order valence-electron chi connectivity index (χ3n) is 3.33. The van der Waals surface area contributed by atoms with Crippen LogP contribution in [0, 0.1) is 23.7 Å². The van der Waals surface area contributed by atoms with Gasteiger partial charge in [-0.2, -0.15) is 8.42 Å². The first-order valence-electron chi connectivity index (χ1n) is 4.97. The zero-order chi connectivity index (χ0) is 12.1. The van der Waals surface area contributed by atoms with E-state index < -0.39 is 33.9 Å². The number of carbonyl (C=O) groups excluding carboxylic acids is 1. The Labute approximate surface area is 92.7 Å². The van der Waals surface area contributed by atoms with E-state index in [-0.39, 0.29) is 11.8 Å². The van der Waals surface area contributed by atoms with Crippen LogP contribution >= 0.6 is 0 Å². The molecule has 16 heavy (non-hydrogen) atoms. The van der Waals surface area contributed by atoms with Crippen LogP contribution in [0.15, 0.2) is 0 Å². The lowest BCUT2D eigenvalue weighted by molar-refractivity contribution is -0.143. The van der Waals surface area contributed by atoms with Crippen LogP contribution in [-0.2, 0) is 23.9 Å². The maximum atomic E-state index is 11.4. The van der Waals surface area contributed by atoms with Crippen LogP contribution in [0.25, 0.3) is 0 Å². The van der Waals surface area contributed by atoms with Crippen LogP contribution in [0.3, 0.4) is 0 Å². The Bertz CT molecular complexity index is 439. The topological polar surface area (TPSA) is 97.7 Å². The zero-order valence-electron chi connectivity index (χ0n) is 8.62. The molecule has 90 valence electrons. The van der Waals surface area contributed by atoms with E-state index in [1.54, 1.807) is 0 Å². The summed E-state index contributed by atoms with van der Waals surface area (Å²) in [4.78, 5) is 22.2. The summed E-state index contributed by atoms with van der Waals surface area (Å²) in [6.45, 7) is 0. The summed E-state index contributed by atoms with van der Waals surface area (Å²) < 4.78 is 25.8. The van der Waals surface area contributed by atoms with Gasteiger partial charge in [-0.15, -0.1) is 0 Å². The van der Waals surface area contributed by atoms with Crippen LogP contribution < -0.4 is 0 Å². The summed E-state index contributed by atoms with van der Waals surface area (Å²) in [5, 5.41) is 8.87. The minimum absolute atomic E-state index is 0.00431. The smallest absolute Gasteiger partial charge is 0.325 e. The van der Waals surface area contributed by atoms with E-state index in [0.717, 1.165) is 6.26 Å². The van der Waals surface area contributed by atoms with Gasteiger partial charge < -0.3 is 9.29 Å². The predicted octanol–water partition coefficient (Wildman–Crippen LogP) is -0.154. The summed E-state index contributed by atoms with van der Waals surface area (Å²) in [7, 11) is -3.79. The van der Waals surface area contributed by atoms with Crippen molar-refractivity contribution in [1.29, 1.82) is 0 Å². The van der Waals surface area contributed by atoms with Gasteiger partial charge >= 0.3 is 22.1 Å². The largest absolute Gasteiger partial charge is 0.481 e. The highest BCUT2D eigenvalue weighted by molar-refractivity contribution is 7.86. The Hall–Kier alpha value is -1.11. The molecule has 0 radical (unpaired) electrons. The number of rotatable bonds is 3. The Balaban J connectivity index is 2.01. The molecule has 0 heterocycles. The van der Waals surface area contributed by atoms with Crippen molar-refractivity contribution < 1.29 is 27.3 Å². The first-order valence-corrected chi connectivity index (χ1v) is 6.79. The van der Waals surface area contributed by atoms with Crippen LogP contribution in [0.5, 0.6) is 0 Å². The Morgan fingerprint density at radius 3 is 2.44 bits per heavy atom. The number of carboxylic acids is 1. The SMILES string of the molecule is CS(=O)(=O)OC(=O)C1C2CCC(C(=O)O)C21. The van der Waals surface area contributed by atoms with Crippen molar-refractivity contribution in [3.8, 4) is 0 Å². The van der Waals surface area contributed by atoms with Crippen LogP contribution in [0.1, 0.15) is 12.8 Å². The summed E-state index contributed by atoms with van der Waals surface area (Å²) in [5.74, 6) is -3.01. The fourth-order valence-electron chi connectivity index (χ4n) is 2.71. The molecule has 0 aromatic heterocycles. The molecule has 0 spiro atoms. The quantitative estimate of drug-likeness (QED) is 0.697. The molecule has 6 nitrogen and oxygen atoms in total. The standard InChI is InChI=1S/C9H12O6S/c1-16(13,14)15-9(12)7-4-2-3-5(6(4)7)8(10)11/h4-7H,2-3H2,1H3,(H,10,11). The van der Waals surface area contributed by atoms with Gasteiger partial charge in [0.25, 0.3) is 0 Å². The maximum absolute atomic E-state index is 11.4. The highest BCUT2D eigenvalue weighted by Gasteiger charge is 2.64. The lowest BCUT2D eigenvalue weighted by atomic mass is 10.0. The fraction of sp³-hybridized carbons (Fsp3) is 0.778. The number of hydrogen-bond donors (Lipinski definition) is 1. The summed E-state index contributed by atoms with van der Waals surface area (Å²) in [5.41, 5.74) is 0. The monoisotopic (exact) mass is 248 g/mol. The molecule has 0 saturated heterocycles. The van der Waals surface area contributed by atoms with Crippen molar-refractivity contribution in [3.63, 3.8) is 0 Å². The molecule has 0 amide bonds. The Morgan fingerprint density at radius 1 is 1.31 bits per heavy atom. The van der Waals surface area contributed by atoms with E-state index >= 15 is 0 Å². The third kappa shape index (κ3) is 1.91. The van der Waals surface area contributed by atoms with Crippen LogP contribution in [0.2, 0.25) is 0 Å². The molecular weight excluding hydrogens is 236 g/mol. The van der Waals surface area contributed by atoms with Gasteiger partial charge in [0.15, 0.2) is 0 Å². The summed E-state index contributed by atoms with van der Waals surface area (Å²) in [6, 6.07) is 0. The van der Waals surface area contributed by atoms with E-state index in [1.807, 2.05) is 0 Å². The number of hydrogen-bond acceptors (Lipinski definition) is 5. The van der Waals surface area contributed by atoms with Gasteiger partial charge in [-0.05, 0) is 24.7 Å². The number of carbonyl (C=O) groups is 2. The molecule has 2 rings (SSSR count). The van der Waals surface area contributed by atoms with Gasteiger partial charge in [0.2, 0.25) is 0 Å². The highest BCUT2D eigenvalue weighted by Crippen LogP contribution is 2.61. The second-order valence-corrected chi connectivity index (χ2v) is 5.97. The normalized spacial score (nSPS) is 36.6. The van der Waals surface area contributed by atoms with E-state index in [1.165, 1.54) is 0 Å². The Kier molecular flexibility index (Phi) is 2.45. The number of fused-ring (bicyclic) bond motifs is 1. The van der Waals surface area contributed by atoms with Crippen molar-refractivity contribution in [2.45, 2.75) is 12.8 Å². The lowest BCUT2D eigenvalue weighted by Gasteiger charge is -2.08. The molecule has 2 saturated carbocycles. The minimum Gasteiger partial charge on any atom is -0.481 e. The van der Waals surface area contributed by atoms with Crippen LogP contribution in [-0.4, -0.2) is 31.7 Å². The minimum atomic E-state index is -3.79. The molecular formula is C9H12O6S. The average Bonchev–Trinajstić information content (AvgIpc) is 2.63. The van der Waals surface area contributed by atoms with Crippen molar-refractivity contribution in [3.05, 3.63) is 0 Å². The molecule has 0 aliphatic heterocycles. The molecule has 0 aromatic rings. The highest BCUT2D eigenvalue weighted by atomic mass is 32.2. The second-order valence-electron chi connectivity index (χ2n) is 4.40. The van der Waals surface area contributed by atoms with Crippen molar-refractivity contribution in [1.82, 2.24) is 0 Å². The molecule has 2 fully saturated rings. The number of carboxylic acid groups (broad SMARTS) is 1. The van der Waals surface area contributed by atoms with E-state index in [9.17, 15) is 18.0 Å². The van der Waals surface area contributed by atoms with Gasteiger partial charge in [-0.25, -0.2) is 0 Å². The summed E-state index contributed by atoms with van der Waals surface area (Å²) in [6.07, 6.45) is 2.02. The first kappa shape index (κ1) is 11.4. The maximum Gasteiger partial charge on any atom is 0.325 e. The molecule has 2 aliphatic carbocycles. The van der Waals surface area contributed by atoms with E-state index in [2.05, 4.69) is 4.18 Å². The number of aliphatic carboxylic acids is 1. The predicted molar refractivity (Wildman–Crippen MR) is 51.8 cm³/mol. The summed E-state index contributed by atoms with van der Waals surface area (Å²) >= 11 is 0. The van der Waals surface area contributed by atoms with Crippen molar-refractivity contribution >= 4 is 22.1 Å². The molecule has 4 atom stereocenters. The fourth-order valence-corrected chi connectivity index (χ4v) is 3.12. The van der Waals surface area contributed by atoms with Crippen LogP contribution in [0.4, 0.5) is 0 Å². The van der Waals surface area contributed by atoms with Gasteiger partial charge in [-0.1, -0.05) is 0 Å². The second kappa shape index (κ2) is 3.44. The molecule has 1 N–H and O–H groups in total. The Morgan fingerprint density at radius 2 is 1.94 bits per heavy atom. The molecule has 2 aliphatic rings. The lowest BCUT2D eigenvalue weighted by Crippen LogP contribution is -2.20. The van der Waals surface area contributed by atoms with E-state index in [4.69, 9.17) is 5.11 Å². The first-order chi connectivity index (χ1) is 7.31. The zero-order valence-corrected chi connectivity index (χ0v) is 9.44. The van der Waals surface area contributed by atoms with Gasteiger partial charge in [-0.3, -0.25) is 9.59 Å². The van der Waals surface area contributed by atoms with Gasteiger partial charge in [0, 0.05) is 0 Å². The van der Waals surface area contributed by atoms with Gasteiger partial charge in [0.05, 0.1) is 18.1 Å². The molecule has 7 heteroatoms. The van der Waals surface area contributed by atoms with E-state index in [0.29, 0.717) is 12.8 Å². The molecule has 0 aromatic carbocycles. The average molecular weight is 248 g/mol. The van der Waals surface area contributed by atoms with Crippen molar-refractivity contribution in [2.75, 3.05) is 6.26 Å². The van der Waals surface area contributed by atoms with Crippen molar-refractivity contribution in [2.24, 2.45) is 23.7 Å². The molecule has 4 unspecified atom stereocenters. The molecule has 0 bridgehead atoms. The van der Waals surface area contributed by atoms with Gasteiger partial charge in [0.1, 0.15) is 0 Å². The third-order valence-corrected chi connectivity index (χ3v) is 3.79.